The van der Waals surface area contributed by atoms with Gasteiger partial charge in [0, 0.05) is 13.1 Å². The Balaban J connectivity index is 2.03. The first-order valence-corrected chi connectivity index (χ1v) is 8.24. The van der Waals surface area contributed by atoms with E-state index in [4.69, 9.17) is 18.9 Å². The van der Waals surface area contributed by atoms with Gasteiger partial charge in [0.2, 0.25) is 0 Å². The molecular formula is C18H22BrNO4. The zero-order valence-electron chi connectivity index (χ0n) is 14.3. The van der Waals surface area contributed by atoms with Crippen LogP contribution in [0.5, 0.6) is 23.0 Å². The molecule has 0 aliphatic rings. The Morgan fingerprint density at radius 3 is 2.00 bits per heavy atom. The third-order valence-electron chi connectivity index (χ3n) is 3.60. The van der Waals surface area contributed by atoms with Crippen LogP contribution in [0.3, 0.4) is 0 Å². The van der Waals surface area contributed by atoms with Crippen LogP contribution in [0.1, 0.15) is 11.1 Å². The molecule has 0 amide bonds. The summed E-state index contributed by atoms with van der Waals surface area (Å²) in [6.45, 7) is 1.42. The minimum atomic E-state index is 0.696. The molecule has 0 saturated carbocycles. The summed E-state index contributed by atoms with van der Waals surface area (Å²) in [6.07, 6.45) is 0. The van der Waals surface area contributed by atoms with Crippen LogP contribution in [0, 0.1) is 0 Å². The molecule has 0 saturated heterocycles. The Bertz CT molecular complexity index is 691. The Kier molecular flexibility index (Phi) is 6.75. The topological polar surface area (TPSA) is 49.0 Å². The van der Waals surface area contributed by atoms with Gasteiger partial charge in [-0.15, -0.1) is 0 Å². The number of nitrogens with one attached hydrogen (secondary N) is 1. The molecule has 0 radical (unpaired) electrons. The van der Waals surface area contributed by atoms with Gasteiger partial charge in [0.25, 0.3) is 0 Å². The SMILES string of the molecule is COc1ccc(CNCc2cc(Br)c(OC)c(OC)c2)cc1OC. The molecule has 0 aromatic heterocycles. The van der Waals surface area contributed by atoms with Gasteiger partial charge in [-0.1, -0.05) is 6.07 Å². The van der Waals surface area contributed by atoms with Crippen LogP contribution < -0.4 is 24.3 Å². The zero-order valence-corrected chi connectivity index (χ0v) is 15.9. The average molecular weight is 396 g/mol. The van der Waals surface area contributed by atoms with Crippen LogP contribution in [-0.2, 0) is 13.1 Å². The van der Waals surface area contributed by atoms with E-state index < -0.39 is 0 Å². The molecule has 24 heavy (non-hydrogen) atoms. The predicted molar refractivity (Wildman–Crippen MR) is 97.3 cm³/mol. The molecule has 0 heterocycles. The van der Waals surface area contributed by atoms with Crippen molar-refractivity contribution < 1.29 is 18.9 Å². The number of hydrogen-bond donors (Lipinski definition) is 1. The fourth-order valence-electron chi connectivity index (χ4n) is 2.42. The number of methoxy groups -OCH3 is 4. The monoisotopic (exact) mass is 395 g/mol. The minimum Gasteiger partial charge on any atom is -0.493 e. The fourth-order valence-corrected chi connectivity index (χ4v) is 3.07. The van der Waals surface area contributed by atoms with Crippen LogP contribution in [-0.4, -0.2) is 28.4 Å². The molecule has 0 atom stereocenters. The van der Waals surface area contributed by atoms with Crippen LogP contribution in [0.15, 0.2) is 34.8 Å². The van der Waals surface area contributed by atoms with Crippen LogP contribution in [0.25, 0.3) is 0 Å². The van der Waals surface area contributed by atoms with Crippen molar-refractivity contribution in [1.29, 1.82) is 0 Å². The highest BCUT2D eigenvalue weighted by Crippen LogP contribution is 2.36. The van der Waals surface area contributed by atoms with E-state index in [1.807, 2.05) is 30.3 Å². The van der Waals surface area contributed by atoms with Crippen molar-refractivity contribution in [2.45, 2.75) is 13.1 Å². The fraction of sp³-hybridized carbons (Fsp3) is 0.333. The quantitative estimate of drug-likeness (QED) is 0.736. The smallest absolute Gasteiger partial charge is 0.174 e. The average Bonchev–Trinajstić information content (AvgIpc) is 2.60. The molecule has 0 aliphatic heterocycles. The maximum atomic E-state index is 5.36. The first-order valence-electron chi connectivity index (χ1n) is 7.45. The van der Waals surface area contributed by atoms with Crippen LogP contribution in [0.2, 0.25) is 0 Å². The molecule has 130 valence electrons. The van der Waals surface area contributed by atoms with Gasteiger partial charge in [0.1, 0.15) is 0 Å². The molecule has 5 nitrogen and oxygen atoms in total. The van der Waals surface area contributed by atoms with Crippen LogP contribution in [0.4, 0.5) is 0 Å². The molecule has 2 rings (SSSR count). The van der Waals surface area contributed by atoms with Crippen molar-refractivity contribution in [3.63, 3.8) is 0 Å². The minimum absolute atomic E-state index is 0.696. The summed E-state index contributed by atoms with van der Waals surface area (Å²) in [4.78, 5) is 0. The van der Waals surface area contributed by atoms with Gasteiger partial charge in [-0.2, -0.15) is 0 Å². The van der Waals surface area contributed by atoms with E-state index in [0.717, 1.165) is 27.1 Å². The number of halogens is 1. The van der Waals surface area contributed by atoms with Crippen molar-refractivity contribution in [3.8, 4) is 23.0 Å². The van der Waals surface area contributed by atoms with Crippen molar-refractivity contribution in [2.24, 2.45) is 0 Å². The summed E-state index contributed by atoms with van der Waals surface area (Å²) in [5.74, 6) is 2.85. The first kappa shape index (κ1) is 18.4. The molecule has 1 N–H and O–H groups in total. The number of benzene rings is 2. The number of hydrogen-bond acceptors (Lipinski definition) is 5. The number of rotatable bonds is 8. The standard InChI is InChI=1S/C18H22BrNO4/c1-21-15-6-5-12(8-16(15)22-2)10-20-11-13-7-14(19)18(24-4)17(9-13)23-3/h5-9,20H,10-11H2,1-4H3. The van der Waals surface area contributed by atoms with E-state index in [-0.39, 0.29) is 0 Å². The second kappa shape index (κ2) is 8.80. The molecule has 6 heteroatoms. The second-order valence-electron chi connectivity index (χ2n) is 5.11. The highest BCUT2D eigenvalue weighted by molar-refractivity contribution is 9.10. The van der Waals surface area contributed by atoms with Gasteiger partial charge in [0.05, 0.1) is 32.9 Å². The Morgan fingerprint density at radius 1 is 0.750 bits per heavy atom. The van der Waals surface area contributed by atoms with Crippen molar-refractivity contribution in [1.82, 2.24) is 5.32 Å². The summed E-state index contributed by atoms with van der Waals surface area (Å²) < 4.78 is 22.1. The first-order chi connectivity index (χ1) is 11.6. The van der Waals surface area contributed by atoms with Crippen molar-refractivity contribution in [3.05, 3.63) is 45.9 Å². The lowest BCUT2D eigenvalue weighted by Gasteiger charge is -2.13. The molecule has 2 aromatic carbocycles. The number of ether oxygens (including phenoxy) is 4. The Morgan fingerprint density at radius 2 is 1.38 bits per heavy atom. The maximum Gasteiger partial charge on any atom is 0.174 e. The van der Waals surface area contributed by atoms with Crippen molar-refractivity contribution in [2.75, 3.05) is 28.4 Å². The van der Waals surface area contributed by atoms with Crippen LogP contribution >= 0.6 is 15.9 Å². The highest BCUT2D eigenvalue weighted by Gasteiger charge is 2.10. The molecule has 0 spiro atoms. The summed E-state index contributed by atoms with van der Waals surface area (Å²) in [5.41, 5.74) is 2.21. The van der Waals surface area contributed by atoms with Gasteiger partial charge in [-0.25, -0.2) is 0 Å². The second-order valence-corrected chi connectivity index (χ2v) is 5.96. The van der Waals surface area contributed by atoms with E-state index >= 15 is 0 Å². The Labute approximate surface area is 151 Å². The van der Waals surface area contributed by atoms with E-state index in [1.165, 1.54) is 0 Å². The predicted octanol–water partition coefficient (Wildman–Crippen LogP) is 3.77. The molecule has 0 unspecified atom stereocenters. The summed E-state index contributed by atoms with van der Waals surface area (Å²) >= 11 is 3.51. The van der Waals surface area contributed by atoms with E-state index in [0.29, 0.717) is 24.6 Å². The lowest BCUT2D eigenvalue weighted by Crippen LogP contribution is -2.13. The van der Waals surface area contributed by atoms with E-state index in [9.17, 15) is 0 Å². The third kappa shape index (κ3) is 4.33. The molecule has 0 bridgehead atoms. The molecule has 0 aliphatic carbocycles. The van der Waals surface area contributed by atoms with Gasteiger partial charge >= 0.3 is 0 Å². The lowest BCUT2D eigenvalue weighted by atomic mass is 10.1. The van der Waals surface area contributed by atoms with Gasteiger partial charge < -0.3 is 24.3 Å². The lowest BCUT2D eigenvalue weighted by molar-refractivity contribution is 0.352. The Hall–Kier alpha value is -1.92. The summed E-state index contributed by atoms with van der Waals surface area (Å²) in [6, 6.07) is 9.87. The summed E-state index contributed by atoms with van der Waals surface area (Å²) in [7, 11) is 6.52. The molecule has 2 aromatic rings. The van der Waals surface area contributed by atoms with Crippen molar-refractivity contribution >= 4 is 15.9 Å². The third-order valence-corrected chi connectivity index (χ3v) is 4.19. The van der Waals surface area contributed by atoms with Gasteiger partial charge in [0.15, 0.2) is 23.0 Å². The summed E-state index contributed by atoms with van der Waals surface area (Å²) in [5, 5.41) is 3.41. The molecule has 0 fully saturated rings. The van der Waals surface area contributed by atoms with Gasteiger partial charge in [-0.3, -0.25) is 0 Å². The largest absolute Gasteiger partial charge is 0.493 e. The van der Waals surface area contributed by atoms with E-state index in [2.05, 4.69) is 21.2 Å². The zero-order chi connectivity index (χ0) is 17.5. The normalized spacial score (nSPS) is 10.4. The maximum absolute atomic E-state index is 5.36. The molecular weight excluding hydrogens is 374 g/mol. The van der Waals surface area contributed by atoms with E-state index in [1.54, 1.807) is 28.4 Å². The highest BCUT2D eigenvalue weighted by atomic mass is 79.9. The van der Waals surface area contributed by atoms with Gasteiger partial charge in [-0.05, 0) is 51.3 Å².